The topological polar surface area (TPSA) is 55.3 Å². The Kier molecular flexibility index (Phi) is 3.84. The van der Waals surface area contributed by atoms with E-state index in [1.807, 2.05) is 0 Å². The second kappa shape index (κ2) is 5.75. The van der Waals surface area contributed by atoms with Crippen LogP contribution in [0.2, 0.25) is 0 Å². The second-order valence-electron chi connectivity index (χ2n) is 4.24. The summed E-state index contributed by atoms with van der Waals surface area (Å²) in [5.41, 5.74) is 0. The van der Waals surface area contributed by atoms with Crippen molar-refractivity contribution in [3.8, 4) is 11.6 Å². The Bertz CT molecular complexity index is 547. The summed E-state index contributed by atoms with van der Waals surface area (Å²) in [6.07, 6.45) is 4.04. The van der Waals surface area contributed by atoms with Crippen molar-refractivity contribution in [3.05, 3.63) is 24.3 Å². The van der Waals surface area contributed by atoms with Crippen LogP contribution in [0.25, 0.3) is 11.6 Å². The van der Waals surface area contributed by atoms with E-state index in [1.54, 1.807) is 30.2 Å². The van der Waals surface area contributed by atoms with Crippen molar-refractivity contribution < 1.29 is 8.94 Å². The summed E-state index contributed by atoms with van der Waals surface area (Å²) >= 11 is 6.95. The van der Waals surface area contributed by atoms with Crippen LogP contribution < -0.4 is 0 Å². The first kappa shape index (κ1) is 12.7. The summed E-state index contributed by atoms with van der Waals surface area (Å²) < 4.78 is 11.3. The van der Waals surface area contributed by atoms with Gasteiger partial charge in [-0.1, -0.05) is 29.1 Å². The maximum atomic E-state index is 5.38. The smallest absolute Gasteiger partial charge is 0.238 e. The summed E-state index contributed by atoms with van der Waals surface area (Å²) in [5.74, 6) is 2.26. The molecule has 0 amide bonds. The molecule has 3 rings (SSSR count). The number of hydrogen-bond donors (Lipinski definition) is 0. The molecule has 0 atom stereocenters. The quantitative estimate of drug-likeness (QED) is 0.807. The van der Waals surface area contributed by atoms with Crippen LogP contribution in [-0.2, 0) is 5.75 Å². The van der Waals surface area contributed by atoms with Crippen LogP contribution in [0.3, 0.4) is 0 Å². The molecule has 0 aromatic carbocycles. The average Bonchev–Trinajstić information content (AvgIpc) is 3.14. The van der Waals surface area contributed by atoms with Crippen molar-refractivity contribution in [2.45, 2.75) is 18.6 Å². The Morgan fingerprint density at radius 3 is 3.00 bits per heavy atom. The van der Waals surface area contributed by atoms with E-state index in [9.17, 15) is 0 Å². The summed E-state index contributed by atoms with van der Waals surface area (Å²) in [4.78, 5) is 6.51. The second-order valence-corrected chi connectivity index (χ2v) is 5.85. The molecular weight excluding hydrogens is 282 g/mol. The zero-order valence-electron chi connectivity index (χ0n) is 10.2. The van der Waals surface area contributed by atoms with E-state index >= 15 is 0 Å². The summed E-state index contributed by atoms with van der Waals surface area (Å²) in [5, 5.41) is 3.88. The van der Waals surface area contributed by atoms with Gasteiger partial charge in [0.05, 0.1) is 12.0 Å². The molecule has 7 heteroatoms. The maximum absolute atomic E-state index is 5.38. The molecule has 0 radical (unpaired) electrons. The first-order chi connectivity index (χ1) is 9.33. The van der Waals surface area contributed by atoms with Gasteiger partial charge in [-0.2, -0.15) is 4.98 Å². The Labute approximate surface area is 120 Å². The zero-order valence-corrected chi connectivity index (χ0v) is 11.9. The zero-order chi connectivity index (χ0) is 13.1. The lowest BCUT2D eigenvalue weighted by Gasteiger charge is -2.16. The molecule has 19 heavy (non-hydrogen) atoms. The highest BCUT2D eigenvalue weighted by Gasteiger charge is 2.17. The summed E-state index contributed by atoms with van der Waals surface area (Å²) in [6, 6.07) is 3.60. The van der Waals surface area contributed by atoms with Gasteiger partial charge in [-0.15, -0.1) is 0 Å². The molecule has 0 N–H and O–H groups in total. The van der Waals surface area contributed by atoms with Crippen molar-refractivity contribution in [2.24, 2.45) is 0 Å². The van der Waals surface area contributed by atoms with Crippen LogP contribution in [0.1, 0.15) is 18.7 Å². The standard InChI is InChI=1S/C12H13N3O2S2/c18-12(15-5-1-2-6-15)19-8-10-13-11(14-17-10)9-4-3-7-16-9/h3-4,7H,1-2,5-6,8H2. The normalized spacial score (nSPS) is 15.1. The lowest BCUT2D eigenvalue weighted by Crippen LogP contribution is -2.23. The van der Waals surface area contributed by atoms with E-state index in [4.69, 9.17) is 21.2 Å². The highest BCUT2D eigenvalue weighted by molar-refractivity contribution is 8.22. The van der Waals surface area contributed by atoms with Gasteiger partial charge in [0.2, 0.25) is 11.7 Å². The van der Waals surface area contributed by atoms with Gasteiger partial charge in [0.25, 0.3) is 0 Å². The molecule has 3 heterocycles. The highest BCUT2D eigenvalue weighted by atomic mass is 32.2. The molecule has 0 aliphatic carbocycles. The van der Waals surface area contributed by atoms with Crippen LogP contribution in [-0.4, -0.2) is 32.5 Å². The molecule has 1 saturated heterocycles. The summed E-state index contributed by atoms with van der Waals surface area (Å²) in [6.45, 7) is 2.13. The van der Waals surface area contributed by atoms with E-state index in [0.717, 1.165) is 17.4 Å². The molecule has 2 aromatic rings. The summed E-state index contributed by atoms with van der Waals surface area (Å²) in [7, 11) is 0. The molecule has 5 nitrogen and oxygen atoms in total. The van der Waals surface area contributed by atoms with Gasteiger partial charge in [-0.3, -0.25) is 0 Å². The molecule has 1 fully saturated rings. The minimum absolute atomic E-state index is 0.479. The minimum Gasteiger partial charge on any atom is -0.461 e. The van der Waals surface area contributed by atoms with E-state index in [1.165, 1.54) is 12.8 Å². The first-order valence-corrected chi connectivity index (χ1v) is 7.50. The van der Waals surface area contributed by atoms with Gasteiger partial charge in [0, 0.05) is 13.1 Å². The number of thioether (sulfide) groups is 1. The third kappa shape index (κ3) is 2.98. The first-order valence-electron chi connectivity index (χ1n) is 6.11. The van der Waals surface area contributed by atoms with Crippen molar-refractivity contribution in [1.29, 1.82) is 0 Å². The molecule has 1 aliphatic rings. The van der Waals surface area contributed by atoms with Gasteiger partial charge in [-0.25, -0.2) is 0 Å². The number of likely N-dealkylation sites (tertiary alicyclic amines) is 1. The number of thiocarbonyl (C=S) groups is 1. The van der Waals surface area contributed by atoms with E-state index < -0.39 is 0 Å². The molecular formula is C12H13N3O2S2. The Balaban J connectivity index is 1.57. The van der Waals surface area contributed by atoms with Crippen molar-refractivity contribution >= 4 is 28.3 Å². The third-order valence-electron chi connectivity index (χ3n) is 2.89. The molecule has 1 aliphatic heterocycles. The van der Waals surface area contributed by atoms with Crippen LogP contribution in [0.5, 0.6) is 0 Å². The maximum Gasteiger partial charge on any atom is 0.238 e. The Hall–Kier alpha value is -1.34. The number of hydrogen-bond acceptors (Lipinski definition) is 6. The third-order valence-corrected chi connectivity index (χ3v) is 4.40. The van der Waals surface area contributed by atoms with E-state index in [-0.39, 0.29) is 0 Å². The lowest BCUT2D eigenvalue weighted by molar-refractivity contribution is 0.390. The molecule has 0 saturated carbocycles. The molecule has 0 spiro atoms. The Morgan fingerprint density at radius 1 is 1.42 bits per heavy atom. The van der Waals surface area contributed by atoms with E-state index in [2.05, 4.69) is 15.0 Å². The molecule has 2 aromatic heterocycles. The predicted molar refractivity (Wildman–Crippen MR) is 76.7 cm³/mol. The van der Waals surface area contributed by atoms with Crippen LogP contribution >= 0.6 is 24.0 Å². The largest absolute Gasteiger partial charge is 0.461 e. The van der Waals surface area contributed by atoms with E-state index in [0.29, 0.717) is 23.2 Å². The fourth-order valence-corrected chi connectivity index (χ4v) is 3.02. The van der Waals surface area contributed by atoms with Crippen molar-refractivity contribution in [3.63, 3.8) is 0 Å². The molecule has 100 valence electrons. The van der Waals surface area contributed by atoms with Gasteiger partial charge in [0.1, 0.15) is 4.32 Å². The molecule has 0 unspecified atom stereocenters. The SMILES string of the molecule is S=C(SCc1nc(-c2ccco2)no1)N1CCCC1. The predicted octanol–water partition coefficient (Wildman–Crippen LogP) is 2.94. The molecule has 0 bridgehead atoms. The number of furan rings is 1. The Morgan fingerprint density at radius 2 is 2.26 bits per heavy atom. The fraction of sp³-hybridized carbons (Fsp3) is 0.417. The average molecular weight is 295 g/mol. The number of rotatable bonds is 3. The number of nitrogens with zero attached hydrogens (tertiary/aromatic N) is 3. The van der Waals surface area contributed by atoms with Gasteiger partial charge in [0.15, 0.2) is 5.76 Å². The van der Waals surface area contributed by atoms with Crippen LogP contribution in [0.15, 0.2) is 27.3 Å². The monoisotopic (exact) mass is 295 g/mol. The van der Waals surface area contributed by atoms with Gasteiger partial charge >= 0.3 is 0 Å². The highest BCUT2D eigenvalue weighted by Crippen LogP contribution is 2.21. The van der Waals surface area contributed by atoms with Crippen molar-refractivity contribution in [2.75, 3.05) is 13.1 Å². The van der Waals surface area contributed by atoms with Gasteiger partial charge in [-0.05, 0) is 25.0 Å². The van der Waals surface area contributed by atoms with Crippen LogP contribution in [0.4, 0.5) is 0 Å². The lowest BCUT2D eigenvalue weighted by atomic mass is 10.4. The van der Waals surface area contributed by atoms with Gasteiger partial charge < -0.3 is 13.8 Å². The number of aromatic nitrogens is 2. The minimum atomic E-state index is 0.479. The van der Waals surface area contributed by atoms with Crippen molar-refractivity contribution in [1.82, 2.24) is 15.0 Å². The van der Waals surface area contributed by atoms with Crippen LogP contribution in [0, 0.1) is 0 Å². The fourth-order valence-electron chi connectivity index (χ4n) is 1.93.